The Balaban J connectivity index is 1.99. The Labute approximate surface area is 112 Å². The molecule has 5 nitrogen and oxygen atoms in total. The third kappa shape index (κ3) is 2.59. The minimum absolute atomic E-state index is 0.324. The first-order valence-corrected chi connectivity index (χ1v) is 6.70. The molecule has 2 heterocycles. The van der Waals surface area contributed by atoms with E-state index in [1.165, 1.54) is 12.8 Å². The predicted octanol–water partition coefficient (Wildman–Crippen LogP) is 3.14. The molecule has 0 radical (unpaired) electrons. The van der Waals surface area contributed by atoms with Crippen molar-refractivity contribution < 1.29 is 4.52 Å². The number of rotatable bonds is 4. The highest BCUT2D eigenvalue weighted by atomic mass is 16.5. The summed E-state index contributed by atoms with van der Waals surface area (Å²) >= 11 is 0. The van der Waals surface area contributed by atoms with Crippen LogP contribution in [0.5, 0.6) is 0 Å². The molecular formula is C14H18N4O. The Hall–Kier alpha value is -1.91. The van der Waals surface area contributed by atoms with Gasteiger partial charge >= 0.3 is 0 Å². The van der Waals surface area contributed by atoms with Crippen molar-refractivity contribution in [2.24, 2.45) is 0 Å². The monoisotopic (exact) mass is 258 g/mol. The highest BCUT2D eigenvalue weighted by molar-refractivity contribution is 5.61. The van der Waals surface area contributed by atoms with Crippen molar-refractivity contribution in [1.82, 2.24) is 15.1 Å². The summed E-state index contributed by atoms with van der Waals surface area (Å²) in [6.07, 6.45) is 4.22. The van der Waals surface area contributed by atoms with E-state index in [0.29, 0.717) is 17.9 Å². The van der Waals surface area contributed by atoms with Crippen LogP contribution in [-0.4, -0.2) is 21.2 Å². The van der Waals surface area contributed by atoms with Gasteiger partial charge in [0.15, 0.2) is 5.76 Å². The molecule has 0 atom stereocenters. The lowest BCUT2D eigenvalue weighted by Crippen LogP contribution is -2.13. The molecule has 19 heavy (non-hydrogen) atoms. The first-order chi connectivity index (χ1) is 9.13. The fourth-order valence-electron chi connectivity index (χ4n) is 2.07. The molecule has 1 saturated carbocycles. The maximum Gasteiger partial charge on any atom is 0.223 e. The zero-order valence-electron chi connectivity index (χ0n) is 11.5. The zero-order chi connectivity index (χ0) is 13.4. The largest absolute Gasteiger partial charge is 0.356 e. The molecule has 5 heteroatoms. The van der Waals surface area contributed by atoms with E-state index in [1.807, 2.05) is 19.2 Å². The van der Waals surface area contributed by atoms with Crippen molar-refractivity contribution in [1.29, 1.82) is 0 Å². The topological polar surface area (TPSA) is 63.8 Å². The molecule has 2 aromatic rings. The maximum atomic E-state index is 5.34. The second kappa shape index (κ2) is 4.64. The van der Waals surface area contributed by atoms with Crippen molar-refractivity contribution in [3.8, 4) is 11.3 Å². The molecule has 0 aromatic carbocycles. The van der Waals surface area contributed by atoms with E-state index in [9.17, 15) is 0 Å². The second-order valence-electron chi connectivity index (χ2n) is 5.40. The van der Waals surface area contributed by atoms with Gasteiger partial charge in [-0.15, -0.1) is 0 Å². The van der Waals surface area contributed by atoms with Crippen LogP contribution in [0, 0.1) is 6.92 Å². The molecule has 1 aliphatic carbocycles. The SMILES string of the molecule is Cc1cc(-c2cnc(NC(C)C)nc2C2CC2)on1. The van der Waals surface area contributed by atoms with Crippen LogP contribution >= 0.6 is 0 Å². The van der Waals surface area contributed by atoms with Crippen LogP contribution in [0.2, 0.25) is 0 Å². The van der Waals surface area contributed by atoms with Crippen molar-refractivity contribution in [2.75, 3.05) is 5.32 Å². The molecule has 100 valence electrons. The lowest BCUT2D eigenvalue weighted by Gasteiger charge is -2.11. The van der Waals surface area contributed by atoms with E-state index in [4.69, 9.17) is 4.52 Å². The fraction of sp³-hybridized carbons (Fsp3) is 0.500. The Morgan fingerprint density at radius 1 is 1.37 bits per heavy atom. The number of nitrogens with zero attached hydrogens (tertiary/aromatic N) is 3. The molecule has 0 spiro atoms. The molecule has 3 rings (SSSR count). The molecule has 0 amide bonds. The number of hydrogen-bond acceptors (Lipinski definition) is 5. The number of anilines is 1. The van der Waals surface area contributed by atoms with Gasteiger partial charge in [-0.05, 0) is 33.6 Å². The summed E-state index contributed by atoms with van der Waals surface area (Å²) in [5.41, 5.74) is 2.92. The van der Waals surface area contributed by atoms with Gasteiger partial charge in [-0.25, -0.2) is 9.97 Å². The van der Waals surface area contributed by atoms with E-state index in [2.05, 4.69) is 34.3 Å². The summed E-state index contributed by atoms with van der Waals surface area (Å²) in [6.45, 7) is 6.07. The maximum absolute atomic E-state index is 5.34. The summed E-state index contributed by atoms with van der Waals surface area (Å²) in [4.78, 5) is 9.02. The van der Waals surface area contributed by atoms with Gasteiger partial charge in [0.05, 0.1) is 17.0 Å². The van der Waals surface area contributed by atoms with Gasteiger partial charge in [0.2, 0.25) is 5.95 Å². The highest BCUT2D eigenvalue weighted by Crippen LogP contribution is 2.43. The van der Waals surface area contributed by atoms with Crippen LogP contribution in [0.4, 0.5) is 5.95 Å². The van der Waals surface area contributed by atoms with Crippen LogP contribution in [0.1, 0.15) is 44.0 Å². The molecule has 0 saturated heterocycles. The molecule has 2 aromatic heterocycles. The zero-order valence-corrected chi connectivity index (χ0v) is 11.5. The molecule has 1 aliphatic rings. The molecule has 0 aliphatic heterocycles. The summed E-state index contributed by atoms with van der Waals surface area (Å²) < 4.78 is 5.34. The Morgan fingerprint density at radius 3 is 2.74 bits per heavy atom. The van der Waals surface area contributed by atoms with E-state index < -0.39 is 0 Å². The average molecular weight is 258 g/mol. The second-order valence-corrected chi connectivity index (χ2v) is 5.40. The lowest BCUT2D eigenvalue weighted by atomic mass is 10.1. The number of hydrogen-bond donors (Lipinski definition) is 1. The van der Waals surface area contributed by atoms with Crippen LogP contribution < -0.4 is 5.32 Å². The first kappa shape index (κ1) is 12.1. The third-order valence-corrected chi connectivity index (χ3v) is 3.09. The average Bonchev–Trinajstić information content (AvgIpc) is 3.11. The van der Waals surface area contributed by atoms with Crippen molar-refractivity contribution in [3.63, 3.8) is 0 Å². The standard InChI is InChI=1S/C14H18N4O/c1-8(2)16-14-15-7-11(12-6-9(3)18-19-12)13(17-14)10-4-5-10/h6-8,10H,4-5H2,1-3H3,(H,15,16,17). The molecule has 1 N–H and O–H groups in total. The van der Waals surface area contributed by atoms with E-state index in [0.717, 1.165) is 22.7 Å². The quantitative estimate of drug-likeness (QED) is 0.912. The third-order valence-electron chi connectivity index (χ3n) is 3.09. The Kier molecular flexibility index (Phi) is 2.97. The first-order valence-electron chi connectivity index (χ1n) is 6.70. The normalized spacial score (nSPS) is 14.9. The van der Waals surface area contributed by atoms with E-state index in [1.54, 1.807) is 0 Å². The number of nitrogens with one attached hydrogen (secondary N) is 1. The Bertz CT molecular complexity index is 587. The van der Waals surface area contributed by atoms with E-state index in [-0.39, 0.29) is 0 Å². The van der Waals surface area contributed by atoms with Crippen LogP contribution in [-0.2, 0) is 0 Å². The summed E-state index contributed by atoms with van der Waals surface area (Å²) in [6, 6.07) is 2.26. The van der Waals surface area contributed by atoms with Gasteiger partial charge < -0.3 is 9.84 Å². The molecule has 0 bridgehead atoms. The fourth-order valence-corrected chi connectivity index (χ4v) is 2.07. The van der Waals surface area contributed by atoms with E-state index >= 15 is 0 Å². The van der Waals surface area contributed by atoms with Crippen molar-refractivity contribution in [2.45, 2.75) is 45.6 Å². The van der Waals surface area contributed by atoms with Gasteiger partial charge in [-0.1, -0.05) is 5.16 Å². The van der Waals surface area contributed by atoms with Crippen LogP contribution in [0.3, 0.4) is 0 Å². The molecule has 0 unspecified atom stereocenters. The highest BCUT2D eigenvalue weighted by Gasteiger charge is 2.30. The van der Waals surface area contributed by atoms with Gasteiger partial charge in [-0.2, -0.15) is 0 Å². The summed E-state index contributed by atoms with van der Waals surface area (Å²) in [7, 11) is 0. The van der Waals surface area contributed by atoms with Gasteiger partial charge in [0, 0.05) is 24.2 Å². The van der Waals surface area contributed by atoms with Gasteiger partial charge in [-0.3, -0.25) is 0 Å². The molecule has 1 fully saturated rings. The van der Waals surface area contributed by atoms with Crippen molar-refractivity contribution in [3.05, 3.63) is 23.7 Å². The van der Waals surface area contributed by atoms with Crippen LogP contribution in [0.25, 0.3) is 11.3 Å². The molecular weight excluding hydrogens is 240 g/mol. The van der Waals surface area contributed by atoms with Gasteiger partial charge in [0.1, 0.15) is 0 Å². The number of aryl methyl sites for hydroxylation is 1. The Morgan fingerprint density at radius 2 is 2.16 bits per heavy atom. The summed E-state index contributed by atoms with van der Waals surface area (Å²) in [5, 5.41) is 7.18. The van der Waals surface area contributed by atoms with Crippen molar-refractivity contribution >= 4 is 5.95 Å². The number of aromatic nitrogens is 3. The lowest BCUT2D eigenvalue weighted by molar-refractivity contribution is 0.426. The summed E-state index contributed by atoms with van der Waals surface area (Å²) in [5.74, 6) is 1.99. The van der Waals surface area contributed by atoms with Crippen LogP contribution in [0.15, 0.2) is 16.8 Å². The van der Waals surface area contributed by atoms with Gasteiger partial charge in [0.25, 0.3) is 0 Å². The predicted molar refractivity (Wildman–Crippen MR) is 73.0 cm³/mol. The smallest absolute Gasteiger partial charge is 0.223 e. The minimum Gasteiger partial charge on any atom is -0.356 e. The minimum atomic E-state index is 0.324.